The maximum atomic E-state index is 5.28. The van der Waals surface area contributed by atoms with E-state index in [1.165, 1.54) is 5.56 Å². The molecule has 2 rings (SSSR count). The van der Waals surface area contributed by atoms with Gasteiger partial charge in [0.25, 0.3) is 0 Å². The smallest absolute Gasteiger partial charge is 0.189 e. The van der Waals surface area contributed by atoms with E-state index in [2.05, 4.69) is 22.7 Å². The van der Waals surface area contributed by atoms with Crippen molar-refractivity contribution in [2.45, 2.75) is 6.54 Å². The van der Waals surface area contributed by atoms with E-state index in [4.69, 9.17) is 12.2 Å². The SMILES string of the molecule is CN(Cc1ccccc1)C(=S)N/N=C\c1cccs1. The van der Waals surface area contributed by atoms with Crippen molar-refractivity contribution < 1.29 is 0 Å². The fourth-order valence-corrected chi connectivity index (χ4v) is 2.23. The van der Waals surface area contributed by atoms with E-state index in [0.717, 1.165) is 11.4 Å². The van der Waals surface area contributed by atoms with E-state index in [1.807, 2.05) is 47.7 Å². The van der Waals surface area contributed by atoms with Gasteiger partial charge in [-0.05, 0) is 29.2 Å². The molecule has 98 valence electrons. The third kappa shape index (κ3) is 4.46. The summed E-state index contributed by atoms with van der Waals surface area (Å²) >= 11 is 6.91. The molecule has 19 heavy (non-hydrogen) atoms. The Morgan fingerprint density at radius 2 is 2.11 bits per heavy atom. The van der Waals surface area contributed by atoms with Crippen LogP contribution in [-0.2, 0) is 6.54 Å². The standard InChI is InChI=1S/C14H15N3S2/c1-17(11-12-6-3-2-4-7-12)14(18)16-15-10-13-8-5-9-19-13/h2-10H,11H2,1H3,(H,16,18)/b15-10-. The van der Waals surface area contributed by atoms with E-state index >= 15 is 0 Å². The van der Waals surface area contributed by atoms with Crippen LogP contribution in [-0.4, -0.2) is 23.3 Å². The molecule has 0 radical (unpaired) electrons. The summed E-state index contributed by atoms with van der Waals surface area (Å²) in [5.74, 6) is 0. The minimum atomic E-state index is 0.608. The minimum absolute atomic E-state index is 0.608. The van der Waals surface area contributed by atoms with Crippen LogP contribution in [0.15, 0.2) is 52.9 Å². The predicted octanol–water partition coefficient (Wildman–Crippen LogP) is 3.09. The Morgan fingerprint density at radius 3 is 2.79 bits per heavy atom. The first-order valence-corrected chi connectivity index (χ1v) is 7.16. The molecule has 5 heteroatoms. The highest BCUT2D eigenvalue weighted by molar-refractivity contribution is 7.80. The topological polar surface area (TPSA) is 27.6 Å². The lowest BCUT2D eigenvalue weighted by Gasteiger charge is -2.18. The summed E-state index contributed by atoms with van der Waals surface area (Å²) in [5, 5.41) is 6.75. The van der Waals surface area contributed by atoms with Crippen LogP contribution in [0.5, 0.6) is 0 Å². The highest BCUT2D eigenvalue weighted by Gasteiger charge is 2.03. The van der Waals surface area contributed by atoms with Crippen molar-refractivity contribution in [3.8, 4) is 0 Å². The van der Waals surface area contributed by atoms with E-state index in [9.17, 15) is 0 Å². The number of thiophene rings is 1. The summed E-state index contributed by atoms with van der Waals surface area (Å²) in [6.07, 6.45) is 1.77. The number of nitrogens with one attached hydrogen (secondary N) is 1. The lowest BCUT2D eigenvalue weighted by molar-refractivity contribution is 0.491. The maximum Gasteiger partial charge on any atom is 0.189 e. The fraction of sp³-hybridized carbons (Fsp3) is 0.143. The zero-order chi connectivity index (χ0) is 13.5. The number of hydrazone groups is 1. The number of thiocarbonyl (C=S) groups is 1. The lowest BCUT2D eigenvalue weighted by atomic mass is 10.2. The van der Waals surface area contributed by atoms with Gasteiger partial charge in [-0.1, -0.05) is 36.4 Å². The van der Waals surface area contributed by atoms with Crippen molar-refractivity contribution >= 4 is 34.9 Å². The second-order valence-electron chi connectivity index (χ2n) is 4.03. The first-order chi connectivity index (χ1) is 9.25. The summed E-state index contributed by atoms with van der Waals surface area (Å²) in [4.78, 5) is 3.05. The molecule has 0 fully saturated rings. The third-order valence-electron chi connectivity index (χ3n) is 2.50. The number of hydrogen-bond acceptors (Lipinski definition) is 3. The predicted molar refractivity (Wildman–Crippen MR) is 85.6 cm³/mol. The van der Waals surface area contributed by atoms with Gasteiger partial charge in [-0.3, -0.25) is 5.43 Å². The van der Waals surface area contributed by atoms with Gasteiger partial charge in [0.2, 0.25) is 0 Å². The molecular weight excluding hydrogens is 274 g/mol. The molecule has 0 saturated heterocycles. The maximum absolute atomic E-state index is 5.28. The molecule has 2 aromatic rings. The summed E-state index contributed by atoms with van der Waals surface area (Å²) in [6.45, 7) is 0.765. The third-order valence-corrected chi connectivity index (χ3v) is 3.71. The van der Waals surface area contributed by atoms with Crippen molar-refractivity contribution in [2.24, 2.45) is 5.10 Å². The van der Waals surface area contributed by atoms with Gasteiger partial charge in [0.05, 0.1) is 6.21 Å². The lowest BCUT2D eigenvalue weighted by Crippen LogP contribution is -2.33. The molecular formula is C14H15N3S2. The second kappa shape index (κ2) is 7.01. The highest BCUT2D eigenvalue weighted by Crippen LogP contribution is 2.05. The fourth-order valence-electron chi connectivity index (χ4n) is 1.53. The molecule has 1 N–H and O–H groups in total. The van der Waals surface area contributed by atoms with E-state index in [0.29, 0.717) is 5.11 Å². The van der Waals surface area contributed by atoms with E-state index in [-0.39, 0.29) is 0 Å². The largest absolute Gasteiger partial charge is 0.347 e. The summed E-state index contributed by atoms with van der Waals surface area (Å²) in [7, 11) is 1.95. The van der Waals surface area contributed by atoms with Crippen LogP contribution in [0.25, 0.3) is 0 Å². The van der Waals surface area contributed by atoms with Gasteiger partial charge < -0.3 is 4.90 Å². The number of rotatable bonds is 4. The molecule has 1 heterocycles. The molecule has 0 bridgehead atoms. The monoisotopic (exact) mass is 289 g/mol. The van der Waals surface area contributed by atoms with E-state index in [1.54, 1.807) is 17.6 Å². The van der Waals surface area contributed by atoms with Gasteiger partial charge in [-0.2, -0.15) is 5.10 Å². The molecule has 0 aliphatic rings. The molecule has 1 aromatic carbocycles. The van der Waals surface area contributed by atoms with Crippen LogP contribution in [0.3, 0.4) is 0 Å². The van der Waals surface area contributed by atoms with Crippen molar-refractivity contribution in [1.82, 2.24) is 10.3 Å². The van der Waals surface area contributed by atoms with Gasteiger partial charge in [0, 0.05) is 18.5 Å². The Hall–Kier alpha value is -1.72. The highest BCUT2D eigenvalue weighted by atomic mass is 32.1. The Kier molecular flexibility index (Phi) is 5.06. The van der Waals surface area contributed by atoms with Gasteiger partial charge in [-0.15, -0.1) is 11.3 Å². The minimum Gasteiger partial charge on any atom is -0.347 e. The average Bonchev–Trinajstić information content (AvgIpc) is 2.93. The summed E-state index contributed by atoms with van der Waals surface area (Å²) in [5.41, 5.74) is 4.09. The Bertz CT molecular complexity index is 535. The second-order valence-corrected chi connectivity index (χ2v) is 5.40. The summed E-state index contributed by atoms with van der Waals surface area (Å²) in [6, 6.07) is 14.2. The van der Waals surface area contributed by atoms with Gasteiger partial charge in [0.1, 0.15) is 0 Å². The van der Waals surface area contributed by atoms with Crippen LogP contribution >= 0.6 is 23.6 Å². The van der Waals surface area contributed by atoms with Gasteiger partial charge in [0.15, 0.2) is 5.11 Å². The Morgan fingerprint density at radius 1 is 1.32 bits per heavy atom. The average molecular weight is 289 g/mol. The molecule has 0 spiro atoms. The number of nitrogens with zero attached hydrogens (tertiary/aromatic N) is 2. The molecule has 0 aliphatic carbocycles. The molecule has 0 amide bonds. The van der Waals surface area contributed by atoms with Gasteiger partial charge >= 0.3 is 0 Å². The molecule has 1 aromatic heterocycles. The van der Waals surface area contributed by atoms with Crippen LogP contribution < -0.4 is 5.43 Å². The van der Waals surface area contributed by atoms with Crippen LogP contribution in [0.4, 0.5) is 0 Å². The normalized spacial score (nSPS) is 10.6. The number of benzene rings is 1. The molecule has 0 saturated carbocycles. The Labute approximate surface area is 122 Å². The first kappa shape index (κ1) is 13.7. The molecule has 0 aliphatic heterocycles. The first-order valence-electron chi connectivity index (χ1n) is 5.87. The Balaban J connectivity index is 1.83. The van der Waals surface area contributed by atoms with Crippen LogP contribution in [0, 0.1) is 0 Å². The molecule has 0 unspecified atom stereocenters. The zero-order valence-corrected chi connectivity index (χ0v) is 12.2. The van der Waals surface area contributed by atoms with Crippen LogP contribution in [0.1, 0.15) is 10.4 Å². The van der Waals surface area contributed by atoms with Crippen molar-refractivity contribution in [3.63, 3.8) is 0 Å². The van der Waals surface area contributed by atoms with Crippen molar-refractivity contribution in [2.75, 3.05) is 7.05 Å². The number of hydrogen-bond donors (Lipinski definition) is 1. The van der Waals surface area contributed by atoms with Crippen LogP contribution in [0.2, 0.25) is 0 Å². The van der Waals surface area contributed by atoms with E-state index < -0.39 is 0 Å². The quantitative estimate of drug-likeness (QED) is 0.532. The molecule has 3 nitrogen and oxygen atoms in total. The van der Waals surface area contributed by atoms with Gasteiger partial charge in [-0.25, -0.2) is 0 Å². The summed E-state index contributed by atoms with van der Waals surface area (Å²) < 4.78 is 0. The molecule has 0 atom stereocenters. The van der Waals surface area contributed by atoms with Crippen molar-refractivity contribution in [1.29, 1.82) is 0 Å². The zero-order valence-electron chi connectivity index (χ0n) is 10.6. The van der Waals surface area contributed by atoms with Crippen molar-refractivity contribution in [3.05, 3.63) is 58.3 Å².